The number of nitriles is 1. The Morgan fingerprint density at radius 1 is 1.47 bits per heavy atom. The van der Waals surface area contributed by atoms with Gasteiger partial charge in [-0.15, -0.1) is 11.3 Å². The number of rotatable bonds is 0. The van der Waals surface area contributed by atoms with Crippen molar-refractivity contribution in [3.8, 4) is 6.07 Å². The molecule has 0 aliphatic heterocycles. The number of thiophene rings is 1. The number of halogens is 1. The summed E-state index contributed by atoms with van der Waals surface area (Å²) in [6.07, 6.45) is 0. The zero-order valence-corrected chi connectivity index (χ0v) is 10.8. The Labute approximate surface area is 105 Å². The fraction of sp³-hybridized carbons (Fsp3) is 0.250. The second-order valence-corrected chi connectivity index (χ2v) is 4.28. The Morgan fingerprint density at radius 3 is 2.59 bits per heavy atom. The molecule has 0 spiro atoms. The Hall–Kier alpha value is -1.54. The second kappa shape index (κ2) is 5.20. The first-order chi connectivity index (χ1) is 8.06. The highest BCUT2D eigenvalue weighted by molar-refractivity contribution is 7.23. The lowest BCUT2D eigenvalue weighted by Crippen LogP contribution is -2.08. The van der Waals surface area contributed by atoms with Crippen molar-refractivity contribution in [2.75, 3.05) is 5.73 Å². The van der Waals surface area contributed by atoms with Crippen LogP contribution in [-0.2, 0) is 0 Å². The minimum Gasteiger partial charge on any atom is -0.389 e. The zero-order valence-electron chi connectivity index (χ0n) is 9.97. The Kier molecular flexibility index (Phi) is 4.14. The van der Waals surface area contributed by atoms with E-state index in [2.05, 4.69) is 0 Å². The minimum atomic E-state index is -0.425. The van der Waals surface area contributed by atoms with Gasteiger partial charge >= 0.3 is 0 Å². The maximum Gasteiger partial charge on any atom is 0.140 e. The number of nitrogens with two attached hydrogens (primary N) is 1. The molecule has 1 aromatic heterocycles. The minimum absolute atomic E-state index is 0.318. The van der Waals surface area contributed by atoms with E-state index in [0.29, 0.717) is 31.7 Å². The molecule has 2 nitrogen and oxygen atoms in total. The van der Waals surface area contributed by atoms with E-state index in [-0.39, 0.29) is 0 Å². The van der Waals surface area contributed by atoms with Gasteiger partial charge in [0.2, 0.25) is 0 Å². The van der Waals surface area contributed by atoms with Gasteiger partial charge in [-0.3, -0.25) is 0 Å². The van der Waals surface area contributed by atoms with Crippen molar-refractivity contribution in [2.24, 2.45) is 0 Å². The summed E-state index contributed by atoms with van der Waals surface area (Å²) in [5.41, 5.74) is 7.00. The average molecular weight is 246 g/mol. The lowest BCUT2D eigenvalue weighted by atomic mass is 9.88. The molecule has 0 saturated carbocycles. The zero-order chi connectivity index (χ0) is 13.2. The summed E-state index contributed by atoms with van der Waals surface area (Å²) >= 11 is 1.08. The van der Waals surface area contributed by atoms with Gasteiger partial charge in [-0.2, -0.15) is 5.26 Å². The number of benzene rings is 1. The van der Waals surface area contributed by atoms with Crippen molar-refractivity contribution in [3.05, 3.63) is 23.0 Å². The highest BCUT2D eigenvalue weighted by Gasteiger charge is 2.16. The van der Waals surface area contributed by atoms with Gasteiger partial charge in [0.05, 0.1) is 10.3 Å². The summed E-state index contributed by atoms with van der Waals surface area (Å²) in [6.45, 7) is 5.75. The summed E-state index contributed by atoms with van der Waals surface area (Å²) in [5.74, 6) is -0.425. The van der Waals surface area contributed by atoms with Gasteiger partial charge in [-0.25, -0.2) is 4.39 Å². The normalized spacial score (nSPS) is 9.59. The van der Waals surface area contributed by atoms with Crippen LogP contribution in [0.15, 0.2) is 6.07 Å². The quantitative estimate of drug-likeness (QED) is 0.726. The Morgan fingerprint density at radius 2 is 2.06 bits per heavy atom. The van der Waals surface area contributed by atoms with Crippen LogP contribution in [0.2, 0.25) is 0 Å². The summed E-state index contributed by atoms with van der Waals surface area (Å²) in [4.78, 5) is 0. The van der Waals surface area contributed by atoms with E-state index < -0.39 is 5.82 Å². The highest BCUT2D eigenvalue weighted by Crippen LogP contribution is 2.35. The molecule has 0 bridgehead atoms. The van der Waals surface area contributed by atoms with Crippen LogP contribution in [0.3, 0.4) is 0 Å². The largest absolute Gasteiger partial charge is 0.389 e. The van der Waals surface area contributed by atoms with Gasteiger partial charge in [0.25, 0.3) is 0 Å². The number of anilines is 1. The van der Waals surface area contributed by atoms with Gasteiger partial charge in [-0.05, 0) is 18.6 Å². The van der Waals surface area contributed by atoms with E-state index in [1.165, 1.54) is 6.07 Å². The summed E-state index contributed by atoms with van der Waals surface area (Å²) < 4.78 is 13.9. The van der Waals surface area contributed by atoms with Crippen LogP contribution in [0.4, 0.5) is 9.39 Å². The molecule has 2 N–H and O–H groups in total. The van der Waals surface area contributed by atoms with E-state index in [1.54, 1.807) is 6.92 Å². The number of nitrogens with zero attached hydrogens (tertiary/aromatic N) is 1. The first-order valence-electron chi connectivity index (χ1n) is 5.23. The van der Waals surface area contributed by atoms with E-state index >= 15 is 0 Å². The number of hydrogen-bond donors (Lipinski definition) is 1. The molecule has 0 amide bonds. The molecule has 0 unspecified atom stereocenters. The van der Waals surface area contributed by atoms with Crippen molar-refractivity contribution < 1.29 is 4.39 Å². The van der Waals surface area contributed by atoms with Gasteiger partial charge in [0, 0.05) is 5.39 Å². The highest BCUT2D eigenvalue weighted by atomic mass is 32.1. The third-order valence-corrected chi connectivity index (χ3v) is 3.38. The van der Waals surface area contributed by atoms with Crippen molar-refractivity contribution in [1.29, 1.82) is 5.26 Å². The molecular weight excluding hydrogens is 234 g/mol. The molecule has 0 aliphatic carbocycles. The predicted octanol–water partition coefficient (Wildman–Crippen LogP) is 2.62. The molecule has 0 aliphatic rings. The molecule has 2 aromatic rings. The number of hydrogen-bond acceptors (Lipinski definition) is 3. The molecule has 86 valence electrons. The number of fused-ring (bicyclic) bond motifs is 1. The second-order valence-electron chi connectivity index (χ2n) is 3.23. The predicted molar refractivity (Wildman–Crippen MR) is 72.4 cm³/mol. The van der Waals surface area contributed by atoms with Crippen molar-refractivity contribution >= 4 is 39.7 Å². The van der Waals surface area contributed by atoms with Crippen LogP contribution in [0, 0.1) is 24.1 Å². The first-order valence-corrected chi connectivity index (χ1v) is 6.04. The van der Waals surface area contributed by atoms with Crippen LogP contribution in [0.25, 0.3) is 10.1 Å². The maximum atomic E-state index is 13.5. The van der Waals surface area contributed by atoms with Crippen LogP contribution in [-0.4, -0.2) is 7.85 Å². The fourth-order valence-corrected chi connectivity index (χ4v) is 2.52. The van der Waals surface area contributed by atoms with Crippen LogP contribution in [0.1, 0.15) is 25.0 Å². The lowest BCUT2D eigenvalue weighted by molar-refractivity contribution is 0.642. The van der Waals surface area contributed by atoms with Gasteiger partial charge in [-0.1, -0.05) is 19.3 Å². The smallest absolute Gasteiger partial charge is 0.140 e. The SMILES string of the molecule is CC.[B]c1cc(F)c2sc(N)c(C#N)c2c1C. The molecule has 0 saturated heterocycles. The van der Waals surface area contributed by atoms with Crippen molar-refractivity contribution in [3.63, 3.8) is 0 Å². The molecule has 1 aromatic carbocycles. The van der Waals surface area contributed by atoms with Crippen LogP contribution >= 0.6 is 11.3 Å². The lowest BCUT2D eigenvalue weighted by Gasteiger charge is -2.03. The molecule has 5 heteroatoms. The molecular formula is C12H12BFN2S. The van der Waals surface area contributed by atoms with E-state index in [4.69, 9.17) is 18.8 Å². The maximum absolute atomic E-state index is 13.5. The first kappa shape index (κ1) is 13.5. The summed E-state index contributed by atoms with van der Waals surface area (Å²) in [6, 6.07) is 3.24. The Balaban J connectivity index is 0.000000686. The van der Waals surface area contributed by atoms with Crippen molar-refractivity contribution in [2.45, 2.75) is 20.8 Å². The molecule has 17 heavy (non-hydrogen) atoms. The average Bonchev–Trinajstić information content (AvgIpc) is 2.66. The third-order valence-electron chi connectivity index (χ3n) is 2.35. The van der Waals surface area contributed by atoms with E-state index in [0.717, 1.165) is 11.3 Å². The molecule has 2 rings (SSSR count). The summed E-state index contributed by atoms with van der Waals surface area (Å²) in [7, 11) is 5.63. The number of nitrogen functional groups attached to an aromatic ring is 1. The molecule has 0 atom stereocenters. The summed E-state index contributed by atoms with van der Waals surface area (Å²) in [5, 5.41) is 9.80. The standard InChI is InChI=1S/C10H6BFN2S.C2H6/c1-4-6(11)2-7(12)9-8(4)5(3-13)10(14)15-9;1-2/h2H,14H2,1H3;1-2H3. The number of aryl methyl sites for hydroxylation is 1. The monoisotopic (exact) mass is 246 g/mol. The third kappa shape index (κ3) is 2.13. The van der Waals surface area contributed by atoms with Gasteiger partial charge < -0.3 is 5.73 Å². The fourth-order valence-electron chi connectivity index (χ4n) is 1.54. The van der Waals surface area contributed by atoms with Crippen LogP contribution in [0.5, 0.6) is 0 Å². The molecule has 0 fully saturated rings. The van der Waals surface area contributed by atoms with Gasteiger partial charge in [0.15, 0.2) is 0 Å². The van der Waals surface area contributed by atoms with E-state index in [1.807, 2.05) is 19.9 Å². The van der Waals surface area contributed by atoms with Crippen molar-refractivity contribution in [1.82, 2.24) is 0 Å². The van der Waals surface area contributed by atoms with Crippen LogP contribution < -0.4 is 11.2 Å². The molecule has 1 heterocycles. The van der Waals surface area contributed by atoms with E-state index in [9.17, 15) is 4.39 Å². The molecule has 2 radical (unpaired) electrons. The topological polar surface area (TPSA) is 49.8 Å². The van der Waals surface area contributed by atoms with Gasteiger partial charge in [0.1, 0.15) is 24.7 Å². The Bertz CT molecular complexity index is 599.